The second kappa shape index (κ2) is 3.39. The van der Waals surface area contributed by atoms with Crippen LogP contribution in [0.25, 0.3) is 0 Å². The van der Waals surface area contributed by atoms with Gasteiger partial charge in [0.25, 0.3) is 0 Å². The summed E-state index contributed by atoms with van der Waals surface area (Å²) in [6, 6.07) is 2.16. The predicted octanol–water partition coefficient (Wildman–Crippen LogP) is 2.88. The molecule has 0 bridgehead atoms. The predicted molar refractivity (Wildman–Crippen MR) is 48.8 cm³/mol. The van der Waals surface area contributed by atoms with Crippen molar-refractivity contribution < 1.29 is 0 Å². The number of hydrogen-bond donors (Lipinski definition) is 0. The molecular formula is C7H11NS2. The summed E-state index contributed by atoms with van der Waals surface area (Å²) in [7, 11) is 0. The standard InChI is InChI=1S/C7H11NS2/c1-5-4-7(10-8-5)6(2)9-3/h4,6H,1-3H3. The van der Waals surface area contributed by atoms with E-state index in [4.69, 9.17) is 0 Å². The average Bonchev–Trinajstić information content (AvgIpc) is 2.34. The summed E-state index contributed by atoms with van der Waals surface area (Å²) in [6.07, 6.45) is 2.12. The van der Waals surface area contributed by atoms with Crippen LogP contribution in [0.5, 0.6) is 0 Å². The Bertz CT molecular complexity index is 207. The Labute approximate surface area is 70.0 Å². The lowest BCUT2D eigenvalue weighted by molar-refractivity contribution is 1.14. The van der Waals surface area contributed by atoms with E-state index in [1.807, 2.05) is 18.7 Å². The van der Waals surface area contributed by atoms with Gasteiger partial charge in [0, 0.05) is 10.1 Å². The molecule has 10 heavy (non-hydrogen) atoms. The molecule has 3 heteroatoms. The smallest absolute Gasteiger partial charge is 0.0514 e. The van der Waals surface area contributed by atoms with E-state index in [0.717, 1.165) is 5.69 Å². The van der Waals surface area contributed by atoms with Gasteiger partial charge >= 0.3 is 0 Å². The largest absolute Gasteiger partial charge is 0.198 e. The summed E-state index contributed by atoms with van der Waals surface area (Å²) in [5, 5.41) is 0.603. The third-order valence-corrected chi connectivity index (χ3v) is 3.57. The zero-order chi connectivity index (χ0) is 7.56. The second-order valence-corrected chi connectivity index (χ2v) is 4.26. The van der Waals surface area contributed by atoms with E-state index in [-0.39, 0.29) is 0 Å². The fourth-order valence-electron chi connectivity index (χ4n) is 0.691. The molecule has 0 radical (unpaired) electrons. The quantitative estimate of drug-likeness (QED) is 0.682. The molecule has 0 spiro atoms. The van der Waals surface area contributed by atoms with Crippen molar-refractivity contribution in [3.8, 4) is 0 Å². The van der Waals surface area contributed by atoms with Crippen molar-refractivity contribution in [2.75, 3.05) is 6.26 Å². The molecule has 1 atom stereocenters. The Morgan fingerprint density at radius 2 is 2.40 bits per heavy atom. The molecule has 0 N–H and O–H groups in total. The molecule has 1 aromatic heterocycles. The molecule has 1 nitrogen and oxygen atoms in total. The fraction of sp³-hybridized carbons (Fsp3) is 0.571. The SMILES string of the molecule is CSC(C)c1cc(C)ns1. The monoisotopic (exact) mass is 173 g/mol. The molecule has 0 fully saturated rings. The molecule has 0 amide bonds. The van der Waals surface area contributed by atoms with Gasteiger partial charge in [0.2, 0.25) is 0 Å². The maximum absolute atomic E-state index is 4.21. The van der Waals surface area contributed by atoms with Crippen LogP contribution in [0.2, 0.25) is 0 Å². The van der Waals surface area contributed by atoms with Gasteiger partial charge in [-0.2, -0.15) is 16.1 Å². The van der Waals surface area contributed by atoms with Crippen molar-refractivity contribution in [1.29, 1.82) is 0 Å². The van der Waals surface area contributed by atoms with Crippen molar-refractivity contribution in [3.63, 3.8) is 0 Å². The molecule has 1 heterocycles. The zero-order valence-electron chi connectivity index (χ0n) is 6.42. The fourth-order valence-corrected chi connectivity index (χ4v) is 2.08. The molecule has 0 aliphatic heterocycles. The highest BCUT2D eigenvalue weighted by atomic mass is 32.2. The minimum Gasteiger partial charge on any atom is -0.198 e. The maximum Gasteiger partial charge on any atom is 0.0514 e. The molecule has 1 unspecified atom stereocenters. The third-order valence-electron chi connectivity index (χ3n) is 1.40. The van der Waals surface area contributed by atoms with Crippen molar-refractivity contribution in [3.05, 3.63) is 16.6 Å². The van der Waals surface area contributed by atoms with E-state index in [2.05, 4.69) is 23.6 Å². The van der Waals surface area contributed by atoms with Crippen molar-refractivity contribution in [2.45, 2.75) is 19.1 Å². The Kier molecular flexibility index (Phi) is 2.74. The number of rotatable bonds is 2. The lowest BCUT2D eigenvalue weighted by atomic mass is 10.3. The normalized spacial score (nSPS) is 13.5. The Hall–Kier alpha value is -0.0200. The van der Waals surface area contributed by atoms with Gasteiger partial charge in [-0.3, -0.25) is 0 Å². The van der Waals surface area contributed by atoms with Crippen LogP contribution in [0, 0.1) is 6.92 Å². The summed E-state index contributed by atoms with van der Waals surface area (Å²) in [5.74, 6) is 0. The van der Waals surface area contributed by atoms with E-state index in [9.17, 15) is 0 Å². The van der Waals surface area contributed by atoms with Crippen LogP contribution in [0.4, 0.5) is 0 Å². The van der Waals surface area contributed by atoms with Crippen molar-refractivity contribution in [1.82, 2.24) is 4.37 Å². The highest BCUT2D eigenvalue weighted by Gasteiger charge is 2.05. The highest BCUT2D eigenvalue weighted by Crippen LogP contribution is 2.28. The summed E-state index contributed by atoms with van der Waals surface area (Å²) in [4.78, 5) is 1.38. The number of nitrogens with zero attached hydrogens (tertiary/aromatic N) is 1. The van der Waals surface area contributed by atoms with Crippen LogP contribution in [-0.4, -0.2) is 10.6 Å². The minimum absolute atomic E-state index is 0.603. The third kappa shape index (κ3) is 1.73. The lowest BCUT2D eigenvalue weighted by Gasteiger charge is -2.01. The lowest BCUT2D eigenvalue weighted by Crippen LogP contribution is -1.79. The number of thioether (sulfide) groups is 1. The summed E-state index contributed by atoms with van der Waals surface area (Å²) >= 11 is 3.47. The molecule has 0 aliphatic rings. The molecule has 1 rings (SSSR count). The van der Waals surface area contributed by atoms with Crippen LogP contribution >= 0.6 is 23.3 Å². The molecular weight excluding hydrogens is 162 g/mol. The molecule has 0 saturated carbocycles. The first-order valence-corrected chi connectivity index (χ1v) is 5.26. The van der Waals surface area contributed by atoms with Gasteiger partial charge in [0.15, 0.2) is 0 Å². The van der Waals surface area contributed by atoms with Gasteiger partial charge in [-0.15, -0.1) is 0 Å². The zero-order valence-corrected chi connectivity index (χ0v) is 8.05. The van der Waals surface area contributed by atoms with E-state index in [1.54, 1.807) is 11.5 Å². The van der Waals surface area contributed by atoms with E-state index < -0.39 is 0 Å². The number of hydrogen-bond acceptors (Lipinski definition) is 3. The first-order chi connectivity index (χ1) is 4.74. The second-order valence-electron chi connectivity index (χ2n) is 2.25. The first-order valence-electron chi connectivity index (χ1n) is 3.20. The van der Waals surface area contributed by atoms with E-state index in [1.165, 1.54) is 4.88 Å². The summed E-state index contributed by atoms with van der Waals surface area (Å²) < 4.78 is 4.21. The average molecular weight is 173 g/mol. The molecule has 0 saturated heterocycles. The van der Waals surface area contributed by atoms with Crippen molar-refractivity contribution in [2.24, 2.45) is 0 Å². The van der Waals surface area contributed by atoms with Gasteiger partial charge in [-0.25, -0.2) is 0 Å². The van der Waals surface area contributed by atoms with Gasteiger partial charge in [0.05, 0.1) is 5.69 Å². The molecule has 0 aromatic carbocycles. The van der Waals surface area contributed by atoms with Gasteiger partial charge in [0.1, 0.15) is 0 Å². The van der Waals surface area contributed by atoms with E-state index >= 15 is 0 Å². The van der Waals surface area contributed by atoms with Gasteiger partial charge in [-0.05, 0) is 37.7 Å². The van der Waals surface area contributed by atoms with Crippen LogP contribution in [0.15, 0.2) is 6.07 Å². The van der Waals surface area contributed by atoms with Crippen molar-refractivity contribution >= 4 is 23.3 Å². The Morgan fingerprint density at radius 1 is 1.70 bits per heavy atom. The first kappa shape index (κ1) is 8.08. The molecule has 56 valence electrons. The van der Waals surface area contributed by atoms with E-state index in [0.29, 0.717) is 5.25 Å². The van der Waals surface area contributed by atoms with Crippen LogP contribution in [0.3, 0.4) is 0 Å². The van der Waals surface area contributed by atoms with Crippen LogP contribution < -0.4 is 0 Å². The van der Waals surface area contributed by atoms with Gasteiger partial charge < -0.3 is 0 Å². The summed E-state index contributed by atoms with van der Waals surface area (Å²) in [5.41, 5.74) is 1.14. The highest BCUT2D eigenvalue weighted by molar-refractivity contribution is 7.98. The van der Waals surface area contributed by atoms with Crippen LogP contribution in [-0.2, 0) is 0 Å². The molecule has 0 aliphatic carbocycles. The summed E-state index contributed by atoms with van der Waals surface area (Å²) in [6.45, 7) is 4.24. The number of aryl methyl sites for hydroxylation is 1. The topological polar surface area (TPSA) is 12.9 Å². The number of aromatic nitrogens is 1. The Balaban J connectivity index is 2.74. The Morgan fingerprint density at radius 3 is 2.80 bits per heavy atom. The molecule has 1 aromatic rings. The minimum atomic E-state index is 0.603. The van der Waals surface area contributed by atoms with Crippen LogP contribution in [0.1, 0.15) is 22.7 Å². The maximum atomic E-state index is 4.21. The van der Waals surface area contributed by atoms with Gasteiger partial charge in [-0.1, -0.05) is 0 Å².